The zero-order valence-corrected chi connectivity index (χ0v) is 10.3. The lowest BCUT2D eigenvalue weighted by molar-refractivity contribution is 0.470. The number of hydrogen-bond acceptors (Lipinski definition) is 2. The molecule has 0 spiro atoms. The summed E-state index contributed by atoms with van der Waals surface area (Å²) in [6.07, 6.45) is 4.99. The fourth-order valence-corrected chi connectivity index (χ4v) is 2.53. The molecule has 0 bridgehead atoms. The molecule has 3 N–H and O–H groups in total. The van der Waals surface area contributed by atoms with Crippen LogP contribution in [0.4, 0.5) is 5.69 Å². The topological polar surface area (TPSA) is 38.0 Å². The van der Waals surface area contributed by atoms with Crippen molar-refractivity contribution in [1.29, 1.82) is 0 Å². The van der Waals surface area contributed by atoms with Crippen molar-refractivity contribution < 1.29 is 0 Å². The molecule has 0 radical (unpaired) electrons. The van der Waals surface area contributed by atoms with E-state index >= 15 is 0 Å². The van der Waals surface area contributed by atoms with E-state index in [4.69, 9.17) is 17.3 Å². The first-order valence-corrected chi connectivity index (χ1v) is 6.38. The first kappa shape index (κ1) is 11.7. The van der Waals surface area contributed by atoms with E-state index in [1.807, 2.05) is 12.1 Å². The molecule has 1 heterocycles. The molecule has 1 fully saturated rings. The smallest absolute Gasteiger partial charge is 0.0638 e. The Bertz CT molecular complexity index is 344. The fourth-order valence-electron chi connectivity index (χ4n) is 2.33. The molecule has 1 aromatic carbocycles. The Morgan fingerprint density at radius 2 is 2.19 bits per heavy atom. The molecule has 16 heavy (non-hydrogen) atoms. The summed E-state index contributed by atoms with van der Waals surface area (Å²) in [7, 11) is 0. The number of nitrogens with one attached hydrogen (secondary N) is 1. The third-order valence-electron chi connectivity index (χ3n) is 3.28. The molecular weight excluding hydrogens is 220 g/mol. The van der Waals surface area contributed by atoms with Gasteiger partial charge in [-0.05, 0) is 62.4 Å². The minimum Gasteiger partial charge on any atom is -0.398 e. The van der Waals surface area contributed by atoms with Crippen LogP contribution < -0.4 is 11.1 Å². The van der Waals surface area contributed by atoms with Crippen LogP contribution in [0, 0.1) is 5.92 Å². The molecule has 3 heteroatoms. The van der Waals surface area contributed by atoms with Gasteiger partial charge in [0.05, 0.1) is 10.7 Å². The van der Waals surface area contributed by atoms with Crippen molar-refractivity contribution in [3.05, 3.63) is 28.8 Å². The predicted molar refractivity (Wildman–Crippen MR) is 69.8 cm³/mol. The standard InChI is InChI=1S/C13H19ClN2/c14-12-9-11(3-4-13(12)15)8-10-2-1-6-16-7-5-10/h3-4,9-10,16H,1-2,5-8,15H2. The lowest BCUT2D eigenvalue weighted by Crippen LogP contribution is -2.14. The lowest BCUT2D eigenvalue weighted by atomic mass is 9.93. The van der Waals surface area contributed by atoms with E-state index in [9.17, 15) is 0 Å². The maximum atomic E-state index is 6.03. The van der Waals surface area contributed by atoms with Gasteiger partial charge >= 0.3 is 0 Å². The molecule has 2 nitrogen and oxygen atoms in total. The van der Waals surface area contributed by atoms with Crippen LogP contribution >= 0.6 is 11.6 Å². The summed E-state index contributed by atoms with van der Waals surface area (Å²) in [6.45, 7) is 2.31. The number of nitrogen functional groups attached to an aromatic ring is 1. The van der Waals surface area contributed by atoms with Gasteiger partial charge in [-0.3, -0.25) is 0 Å². The van der Waals surface area contributed by atoms with Crippen molar-refractivity contribution in [1.82, 2.24) is 5.32 Å². The molecule has 1 aliphatic heterocycles. The van der Waals surface area contributed by atoms with E-state index in [0.29, 0.717) is 10.7 Å². The van der Waals surface area contributed by atoms with Gasteiger partial charge < -0.3 is 11.1 Å². The van der Waals surface area contributed by atoms with Gasteiger partial charge in [-0.25, -0.2) is 0 Å². The maximum Gasteiger partial charge on any atom is 0.0638 e. The van der Waals surface area contributed by atoms with E-state index in [1.165, 1.54) is 31.4 Å². The van der Waals surface area contributed by atoms with Crippen molar-refractivity contribution in [2.24, 2.45) is 5.92 Å². The van der Waals surface area contributed by atoms with Gasteiger partial charge in [0.25, 0.3) is 0 Å². The number of nitrogens with two attached hydrogens (primary N) is 1. The first-order valence-electron chi connectivity index (χ1n) is 6.00. The number of benzene rings is 1. The number of hydrogen-bond donors (Lipinski definition) is 2. The Morgan fingerprint density at radius 1 is 1.31 bits per heavy atom. The molecule has 0 aromatic heterocycles. The van der Waals surface area contributed by atoms with Crippen LogP contribution in [0.5, 0.6) is 0 Å². The summed E-state index contributed by atoms with van der Waals surface area (Å²) in [5.74, 6) is 0.787. The van der Waals surface area contributed by atoms with Gasteiger partial charge in [-0.1, -0.05) is 17.7 Å². The second-order valence-corrected chi connectivity index (χ2v) is 5.01. The van der Waals surface area contributed by atoms with E-state index in [-0.39, 0.29) is 0 Å². The SMILES string of the molecule is Nc1ccc(CC2CCCNCC2)cc1Cl. The Kier molecular flexibility index (Phi) is 4.08. The minimum absolute atomic E-state index is 0.674. The van der Waals surface area contributed by atoms with Crippen LogP contribution in [-0.4, -0.2) is 13.1 Å². The summed E-state index contributed by atoms with van der Waals surface area (Å²) >= 11 is 6.03. The zero-order valence-electron chi connectivity index (χ0n) is 9.51. The molecule has 1 unspecified atom stereocenters. The molecule has 1 atom stereocenters. The fraction of sp³-hybridized carbons (Fsp3) is 0.538. The van der Waals surface area contributed by atoms with E-state index in [0.717, 1.165) is 18.9 Å². The van der Waals surface area contributed by atoms with E-state index in [1.54, 1.807) is 0 Å². The van der Waals surface area contributed by atoms with Crippen molar-refractivity contribution >= 4 is 17.3 Å². The average Bonchev–Trinajstić information content (AvgIpc) is 2.52. The van der Waals surface area contributed by atoms with Crippen molar-refractivity contribution in [2.75, 3.05) is 18.8 Å². The summed E-state index contributed by atoms with van der Waals surface area (Å²) < 4.78 is 0. The lowest BCUT2D eigenvalue weighted by Gasteiger charge is -2.14. The summed E-state index contributed by atoms with van der Waals surface area (Å²) in [5, 5.41) is 4.12. The highest BCUT2D eigenvalue weighted by Crippen LogP contribution is 2.24. The third kappa shape index (κ3) is 3.13. The minimum atomic E-state index is 0.674. The quantitative estimate of drug-likeness (QED) is 0.778. The van der Waals surface area contributed by atoms with Gasteiger partial charge in [-0.15, -0.1) is 0 Å². The highest BCUT2D eigenvalue weighted by Gasteiger charge is 2.12. The highest BCUT2D eigenvalue weighted by atomic mass is 35.5. The predicted octanol–water partition coefficient (Wildman–Crippen LogP) is 2.85. The molecular formula is C13H19ClN2. The van der Waals surface area contributed by atoms with Gasteiger partial charge in [0.1, 0.15) is 0 Å². The molecule has 0 amide bonds. The summed E-state index contributed by atoms with van der Waals surface area (Å²) in [5.41, 5.74) is 7.69. The van der Waals surface area contributed by atoms with Crippen molar-refractivity contribution in [3.63, 3.8) is 0 Å². The number of rotatable bonds is 2. The van der Waals surface area contributed by atoms with E-state index in [2.05, 4.69) is 11.4 Å². The normalized spacial score (nSPS) is 21.7. The Hall–Kier alpha value is -0.730. The third-order valence-corrected chi connectivity index (χ3v) is 3.61. The highest BCUT2D eigenvalue weighted by molar-refractivity contribution is 6.33. The second-order valence-electron chi connectivity index (χ2n) is 4.61. The van der Waals surface area contributed by atoms with Gasteiger partial charge in [0.15, 0.2) is 0 Å². The van der Waals surface area contributed by atoms with Crippen LogP contribution in [0.3, 0.4) is 0 Å². The Labute approximate surface area is 102 Å². The Morgan fingerprint density at radius 3 is 3.00 bits per heavy atom. The first-order chi connectivity index (χ1) is 7.75. The van der Waals surface area contributed by atoms with E-state index < -0.39 is 0 Å². The maximum absolute atomic E-state index is 6.03. The zero-order chi connectivity index (χ0) is 11.4. The summed E-state index contributed by atoms with van der Waals surface area (Å²) in [6, 6.07) is 6.02. The van der Waals surface area contributed by atoms with Gasteiger partial charge in [0, 0.05) is 0 Å². The van der Waals surface area contributed by atoms with Gasteiger partial charge in [-0.2, -0.15) is 0 Å². The molecule has 0 aliphatic carbocycles. The van der Waals surface area contributed by atoms with Crippen LogP contribution in [0.2, 0.25) is 5.02 Å². The number of halogens is 1. The molecule has 88 valence electrons. The Balaban J connectivity index is 1.99. The molecule has 2 rings (SSSR count). The van der Waals surface area contributed by atoms with Crippen LogP contribution in [0.15, 0.2) is 18.2 Å². The largest absolute Gasteiger partial charge is 0.398 e. The van der Waals surface area contributed by atoms with Crippen LogP contribution in [0.1, 0.15) is 24.8 Å². The monoisotopic (exact) mass is 238 g/mol. The van der Waals surface area contributed by atoms with Crippen LogP contribution in [-0.2, 0) is 6.42 Å². The van der Waals surface area contributed by atoms with Gasteiger partial charge in [0.2, 0.25) is 0 Å². The molecule has 1 aliphatic rings. The molecule has 1 aromatic rings. The summed E-state index contributed by atoms with van der Waals surface area (Å²) in [4.78, 5) is 0. The van der Waals surface area contributed by atoms with Crippen LogP contribution in [0.25, 0.3) is 0 Å². The molecule has 0 saturated carbocycles. The number of anilines is 1. The van der Waals surface area contributed by atoms with Crippen molar-refractivity contribution in [3.8, 4) is 0 Å². The average molecular weight is 239 g/mol. The second kappa shape index (κ2) is 5.55. The van der Waals surface area contributed by atoms with Crippen molar-refractivity contribution in [2.45, 2.75) is 25.7 Å². The molecule has 1 saturated heterocycles.